The standard InChI is InChI=1S/C30H40BN3O7/c1-33(2)23-18-10-15-9-17-21(19(35)11-16(26(17)41-4)13-34(3)12-14-7-5-6-8-14)24(36)20(15)28(38)30(18,40)27(31)22(25(23)37)29(32)39/h11,14-15,18,23,31,35,37-38,40H,5-10,12-13H2,1-4H3,(H2,32,39)/t15-,18-,23-,30+/m0/s1. The fraction of sp³-hybridized carbons (Fsp3) is 0.567. The van der Waals surface area contributed by atoms with Gasteiger partial charge in [0.25, 0.3) is 0 Å². The third-order valence-corrected chi connectivity index (χ3v) is 9.63. The van der Waals surface area contributed by atoms with E-state index in [9.17, 15) is 30.0 Å². The topological polar surface area (TPSA) is 157 Å². The van der Waals surface area contributed by atoms with Crippen LogP contribution in [-0.2, 0) is 17.8 Å². The number of phenolic OH excluding ortho intramolecular Hbond substituents is 1. The van der Waals surface area contributed by atoms with Crippen molar-refractivity contribution in [3.63, 3.8) is 0 Å². The van der Waals surface area contributed by atoms with Gasteiger partial charge in [0.2, 0.25) is 0 Å². The van der Waals surface area contributed by atoms with E-state index in [1.165, 1.54) is 25.7 Å². The number of primary amides is 1. The molecular formula is C30H40BN3O7. The number of hydrogen-bond acceptors (Lipinski definition) is 9. The zero-order valence-electron chi connectivity index (χ0n) is 24.2. The Labute approximate surface area is 241 Å². The summed E-state index contributed by atoms with van der Waals surface area (Å²) in [4.78, 5) is 30.1. The van der Waals surface area contributed by atoms with Crippen LogP contribution in [0.5, 0.6) is 11.5 Å². The van der Waals surface area contributed by atoms with Gasteiger partial charge in [0.15, 0.2) is 0 Å². The number of phenols is 1. The molecule has 10 nitrogen and oxygen atoms in total. The Kier molecular flexibility index (Phi) is 7.59. The van der Waals surface area contributed by atoms with Gasteiger partial charge in [-0.15, -0.1) is 0 Å². The number of aromatic hydroxyl groups is 1. The van der Waals surface area contributed by atoms with E-state index in [0.717, 1.165) is 12.1 Å². The van der Waals surface area contributed by atoms with Gasteiger partial charge in [-0.3, -0.25) is 0 Å². The quantitative estimate of drug-likeness (QED) is 0.307. The molecule has 4 aliphatic rings. The summed E-state index contributed by atoms with van der Waals surface area (Å²) in [6.07, 6.45) is 5.39. The van der Waals surface area contributed by atoms with Gasteiger partial charge in [-0.25, -0.2) is 0 Å². The number of carbonyl (C=O) groups is 2. The number of methoxy groups -OCH3 is 1. The number of nitrogens with two attached hydrogens (primary N) is 1. The molecule has 4 atom stereocenters. The molecular weight excluding hydrogens is 525 g/mol. The molecule has 0 bridgehead atoms. The van der Waals surface area contributed by atoms with Crippen molar-refractivity contribution in [3.05, 3.63) is 45.4 Å². The third kappa shape index (κ3) is 4.49. The normalized spacial score (nSPS) is 28.3. The second kappa shape index (κ2) is 10.6. The molecule has 0 radical (unpaired) electrons. The Morgan fingerprint density at radius 1 is 1.20 bits per heavy atom. The third-order valence-electron chi connectivity index (χ3n) is 9.63. The van der Waals surface area contributed by atoms with Gasteiger partial charge in [-0.1, -0.05) is 12.8 Å². The molecule has 1 aromatic rings. The Balaban J connectivity index is 1.59. The number of fused-ring (bicyclic) bond motifs is 3. The molecule has 1 aromatic carbocycles. The average Bonchev–Trinajstić information content (AvgIpc) is 3.38. The SMILES string of the molecule is B=C1C(C(N)=O)=C(O)[C@@H](N(C)C)[C@@H]2C[C@@H]3Cc4c(OC)c(CN(C)CC5CCCC5)cc(O)c4C(=O)C3=C(O)[C@]12O. The number of allylic oxidation sites excluding steroid dienone is 1. The number of Topliss-reactive ketones (excluding diaryl/α,β-unsaturated/α-hetero) is 1. The van der Waals surface area contributed by atoms with Gasteiger partial charge in [0, 0.05) is 0 Å². The van der Waals surface area contributed by atoms with E-state index in [4.69, 9.17) is 10.5 Å². The maximum atomic E-state index is 14.0. The van der Waals surface area contributed by atoms with Crippen molar-refractivity contribution >= 4 is 24.6 Å². The van der Waals surface area contributed by atoms with Crippen molar-refractivity contribution in [2.24, 2.45) is 23.5 Å². The number of amides is 1. The number of ketones is 1. The van der Waals surface area contributed by atoms with Crippen molar-refractivity contribution in [2.45, 2.75) is 56.7 Å². The van der Waals surface area contributed by atoms with Crippen LogP contribution >= 0.6 is 0 Å². The van der Waals surface area contributed by atoms with Crippen LogP contribution in [0.2, 0.25) is 0 Å². The van der Waals surface area contributed by atoms with Crippen LogP contribution in [0.15, 0.2) is 28.7 Å². The van der Waals surface area contributed by atoms with Gasteiger partial charge < -0.3 is 0 Å². The zero-order valence-corrected chi connectivity index (χ0v) is 24.2. The molecule has 5 rings (SSSR count). The summed E-state index contributed by atoms with van der Waals surface area (Å²) in [6.45, 7) is 1.47. The number of hydrogen-bond donors (Lipinski definition) is 5. The van der Waals surface area contributed by atoms with Gasteiger partial charge in [-0.05, 0) is 18.8 Å². The summed E-state index contributed by atoms with van der Waals surface area (Å²) < 4.78 is 5.85. The van der Waals surface area contributed by atoms with E-state index in [-0.39, 0.29) is 46.5 Å². The zero-order chi connectivity index (χ0) is 30.0. The number of aliphatic hydroxyl groups is 3. The molecule has 4 aliphatic carbocycles. The van der Waals surface area contributed by atoms with E-state index >= 15 is 0 Å². The summed E-state index contributed by atoms with van der Waals surface area (Å²) in [7, 11) is 10.8. The van der Waals surface area contributed by atoms with E-state index < -0.39 is 40.9 Å². The molecule has 0 unspecified atom stereocenters. The number of rotatable bonds is 7. The van der Waals surface area contributed by atoms with Crippen LogP contribution in [-0.4, -0.2) is 101 Å². The first-order valence-electron chi connectivity index (χ1n) is 14.2. The number of aliphatic hydroxyl groups excluding tert-OH is 2. The van der Waals surface area contributed by atoms with Crippen LogP contribution in [0, 0.1) is 17.8 Å². The van der Waals surface area contributed by atoms with Crippen LogP contribution in [0.1, 0.15) is 53.6 Å². The molecule has 41 heavy (non-hydrogen) atoms. The molecule has 220 valence electrons. The van der Waals surface area contributed by atoms with Crippen LogP contribution in [0.3, 0.4) is 0 Å². The maximum absolute atomic E-state index is 14.0. The number of carbonyl (C=O) groups excluding carboxylic acids is 2. The summed E-state index contributed by atoms with van der Waals surface area (Å²) in [6, 6.07) is 0.672. The number of nitrogens with zero attached hydrogens (tertiary/aromatic N) is 2. The molecule has 0 heterocycles. The molecule has 11 heteroatoms. The molecule has 1 fully saturated rings. The average molecular weight is 565 g/mol. The predicted molar refractivity (Wildman–Crippen MR) is 156 cm³/mol. The van der Waals surface area contributed by atoms with Crippen molar-refractivity contribution in [1.29, 1.82) is 0 Å². The first-order chi connectivity index (χ1) is 19.3. The van der Waals surface area contributed by atoms with Gasteiger partial charge in [0.1, 0.15) is 0 Å². The second-order valence-electron chi connectivity index (χ2n) is 12.4. The first-order valence-corrected chi connectivity index (χ1v) is 14.2. The van der Waals surface area contributed by atoms with Gasteiger partial charge >= 0.3 is 210 Å². The molecule has 6 N–H and O–H groups in total. The summed E-state index contributed by atoms with van der Waals surface area (Å²) >= 11 is 0. The van der Waals surface area contributed by atoms with Crippen molar-refractivity contribution in [2.75, 3.05) is 34.8 Å². The molecule has 0 spiro atoms. The Hall–Kier alpha value is -3.15. The first kappa shape index (κ1) is 29.4. The van der Waals surface area contributed by atoms with Crippen molar-refractivity contribution < 1.29 is 34.8 Å². The van der Waals surface area contributed by atoms with E-state index in [1.807, 2.05) is 7.05 Å². The monoisotopic (exact) mass is 565 g/mol. The van der Waals surface area contributed by atoms with E-state index in [0.29, 0.717) is 23.8 Å². The Morgan fingerprint density at radius 3 is 2.44 bits per heavy atom. The molecule has 0 aliphatic heterocycles. The summed E-state index contributed by atoms with van der Waals surface area (Å²) in [5.74, 6) is -3.00. The minimum atomic E-state index is -2.22. The fourth-order valence-corrected chi connectivity index (χ4v) is 7.89. The van der Waals surface area contributed by atoms with E-state index in [1.54, 1.807) is 32.2 Å². The Bertz CT molecular complexity index is 1380. The number of ether oxygens (including phenoxy) is 1. The van der Waals surface area contributed by atoms with Crippen LogP contribution in [0.4, 0.5) is 0 Å². The predicted octanol–water partition coefficient (Wildman–Crippen LogP) is 1.26. The fourth-order valence-electron chi connectivity index (χ4n) is 7.89. The molecule has 1 saturated carbocycles. The minimum absolute atomic E-state index is 0.0305. The second-order valence-corrected chi connectivity index (χ2v) is 12.4. The summed E-state index contributed by atoms with van der Waals surface area (Å²) in [5, 5.41) is 45.8. The van der Waals surface area contributed by atoms with Crippen LogP contribution < -0.4 is 10.5 Å². The summed E-state index contributed by atoms with van der Waals surface area (Å²) in [5.41, 5.74) is 4.02. The number of likely N-dealkylation sites (N-methyl/N-ethyl adjacent to an activating group) is 1. The molecule has 1 amide bonds. The van der Waals surface area contributed by atoms with Crippen molar-refractivity contribution in [3.8, 4) is 11.5 Å². The Morgan fingerprint density at radius 2 is 1.85 bits per heavy atom. The van der Waals surface area contributed by atoms with Crippen molar-refractivity contribution in [1.82, 2.24) is 9.80 Å². The van der Waals surface area contributed by atoms with Gasteiger partial charge in [-0.2, -0.15) is 0 Å². The molecule has 0 aromatic heterocycles. The van der Waals surface area contributed by atoms with Gasteiger partial charge in [0.05, 0.1) is 0 Å². The number of benzene rings is 1. The molecule has 0 saturated heterocycles. The van der Waals surface area contributed by atoms with E-state index in [2.05, 4.69) is 12.4 Å². The van der Waals surface area contributed by atoms with Crippen LogP contribution in [0.25, 0.3) is 0 Å².